The van der Waals surface area contributed by atoms with Gasteiger partial charge in [0.15, 0.2) is 0 Å². The van der Waals surface area contributed by atoms with Gasteiger partial charge in [0.1, 0.15) is 5.82 Å². The van der Waals surface area contributed by atoms with E-state index in [0.717, 1.165) is 24.5 Å². The van der Waals surface area contributed by atoms with Crippen LogP contribution in [0.3, 0.4) is 0 Å². The molecule has 0 aliphatic heterocycles. The molecule has 0 saturated carbocycles. The number of amides is 1. The fraction of sp³-hybridized carbons (Fsp3) is 0.368. The van der Waals surface area contributed by atoms with Crippen LogP contribution in [0.4, 0.5) is 11.5 Å². The Morgan fingerprint density at radius 3 is 2.42 bits per heavy atom. The molecule has 0 aliphatic rings. The first-order valence-electron chi connectivity index (χ1n) is 8.18. The normalized spacial score (nSPS) is 10.7. The number of hydrogen-bond acceptors (Lipinski definition) is 4. The predicted octanol–water partition coefficient (Wildman–Crippen LogP) is 3.12. The van der Waals surface area contributed by atoms with Gasteiger partial charge in [-0.15, -0.1) is 0 Å². The number of nitrogens with zero attached hydrogens (tertiary/aromatic N) is 2. The molecule has 1 amide bonds. The van der Waals surface area contributed by atoms with E-state index >= 15 is 0 Å². The second-order valence-corrected chi connectivity index (χ2v) is 6.35. The summed E-state index contributed by atoms with van der Waals surface area (Å²) < 4.78 is 0. The second-order valence-electron chi connectivity index (χ2n) is 6.35. The van der Waals surface area contributed by atoms with Crippen LogP contribution in [-0.4, -0.2) is 43.0 Å². The quantitative estimate of drug-likeness (QED) is 0.768. The molecule has 2 N–H and O–H groups in total. The summed E-state index contributed by atoms with van der Waals surface area (Å²) in [5, 5.41) is 6.18. The van der Waals surface area contributed by atoms with Crippen molar-refractivity contribution in [3.8, 4) is 0 Å². The Morgan fingerprint density at radius 1 is 1.12 bits per heavy atom. The van der Waals surface area contributed by atoms with E-state index in [9.17, 15) is 4.79 Å². The molecule has 1 heterocycles. The van der Waals surface area contributed by atoms with Crippen molar-refractivity contribution in [1.82, 2.24) is 15.2 Å². The first-order chi connectivity index (χ1) is 11.4. The number of hydrogen-bond donors (Lipinski definition) is 2. The van der Waals surface area contributed by atoms with Gasteiger partial charge < -0.3 is 15.5 Å². The van der Waals surface area contributed by atoms with Gasteiger partial charge in [0.05, 0.1) is 5.56 Å². The van der Waals surface area contributed by atoms with E-state index in [2.05, 4.69) is 52.6 Å². The van der Waals surface area contributed by atoms with Gasteiger partial charge in [-0.25, -0.2) is 4.98 Å². The van der Waals surface area contributed by atoms with Crippen molar-refractivity contribution in [2.24, 2.45) is 0 Å². The zero-order valence-electron chi connectivity index (χ0n) is 14.9. The minimum atomic E-state index is -0.0841. The van der Waals surface area contributed by atoms with E-state index in [1.54, 1.807) is 12.3 Å². The van der Waals surface area contributed by atoms with Gasteiger partial charge in [0, 0.05) is 18.4 Å². The third kappa shape index (κ3) is 5.66. The van der Waals surface area contributed by atoms with Gasteiger partial charge in [-0.2, -0.15) is 0 Å². The SMILES string of the molecule is Cc1cc(C)cc(Nc2ccc(C(=O)NCCCN(C)C)cn2)c1. The molecule has 5 heteroatoms. The summed E-state index contributed by atoms with van der Waals surface area (Å²) in [5.41, 5.74) is 3.98. The Balaban J connectivity index is 1.91. The van der Waals surface area contributed by atoms with Crippen LogP contribution in [-0.2, 0) is 0 Å². The monoisotopic (exact) mass is 326 g/mol. The molecule has 0 fully saturated rings. The van der Waals surface area contributed by atoms with Gasteiger partial charge in [-0.3, -0.25) is 4.79 Å². The van der Waals surface area contributed by atoms with E-state index in [1.807, 2.05) is 20.2 Å². The largest absolute Gasteiger partial charge is 0.352 e. The molecule has 2 rings (SSSR count). The highest BCUT2D eigenvalue weighted by atomic mass is 16.1. The highest BCUT2D eigenvalue weighted by molar-refractivity contribution is 5.94. The smallest absolute Gasteiger partial charge is 0.252 e. The van der Waals surface area contributed by atoms with Crippen LogP contribution in [0.1, 0.15) is 27.9 Å². The Labute approximate surface area is 144 Å². The van der Waals surface area contributed by atoms with Crippen molar-refractivity contribution < 1.29 is 4.79 Å². The Kier molecular flexibility index (Phi) is 6.32. The van der Waals surface area contributed by atoms with Gasteiger partial charge in [-0.1, -0.05) is 6.07 Å². The summed E-state index contributed by atoms with van der Waals surface area (Å²) in [6, 6.07) is 9.88. The summed E-state index contributed by atoms with van der Waals surface area (Å²) in [6.45, 7) is 5.75. The topological polar surface area (TPSA) is 57.3 Å². The fourth-order valence-corrected chi connectivity index (χ4v) is 2.50. The molecule has 2 aromatic rings. The molecule has 1 aromatic carbocycles. The molecule has 5 nitrogen and oxygen atoms in total. The third-order valence-corrected chi connectivity index (χ3v) is 3.59. The van der Waals surface area contributed by atoms with Crippen LogP contribution < -0.4 is 10.6 Å². The average Bonchev–Trinajstić information content (AvgIpc) is 2.51. The number of carbonyl (C=O) groups excluding carboxylic acids is 1. The zero-order chi connectivity index (χ0) is 17.5. The van der Waals surface area contributed by atoms with Crippen LogP contribution in [0, 0.1) is 13.8 Å². The Bertz CT molecular complexity index is 660. The lowest BCUT2D eigenvalue weighted by molar-refractivity contribution is 0.0952. The van der Waals surface area contributed by atoms with E-state index in [0.29, 0.717) is 12.1 Å². The minimum Gasteiger partial charge on any atom is -0.352 e. The maximum atomic E-state index is 12.1. The van der Waals surface area contributed by atoms with E-state index < -0.39 is 0 Å². The first-order valence-corrected chi connectivity index (χ1v) is 8.18. The standard InChI is InChI=1S/C19H26N4O/c1-14-10-15(2)12-17(11-14)22-18-7-6-16(13-21-18)19(24)20-8-5-9-23(3)4/h6-7,10-13H,5,8-9H2,1-4H3,(H,20,24)(H,21,22). The lowest BCUT2D eigenvalue weighted by Crippen LogP contribution is -2.27. The van der Waals surface area contributed by atoms with Crippen LogP contribution in [0.15, 0.2) is 36.5 Å². The maximum Gasteiger partial charge on any atom is 0.252 e. The lowest BCUT2D eigenvalue weighted by Gasteiger charge is -2.10. The molecule has 0 aliphatic carbocycles. The Hall–Kier alpha value is -2.40. The minimum absolute atomic E-state index is 0.0841. The molecule has 0 unspecified atom stereocenters. The number of aryl methyl sites for hydroxylation is 2. The van der Waals surface area contributed by atoms with Crippen LogP contribution >= 0.6 is 0 Å². The Morgan fingerprint density at radius 2 is 1.83 bits per heavy atom. The molecule has 0 spiro atoms. The molecule has 0 atom stereocenters. The van der Waals surface area contributed by atoms with E-state index in [4.69, 9.17) is 0 Å². The number of carbonyl (C=O) groups is 1. The highest BCUT2D eigenvalue weighted by Crippen LogP contribution is 2.18. The molecular weight excluding hydrogens is 300 g/mol. The van der Waals surface area contributed by atoms with Gasteiger partial charge in [0.2, 0.25) is 0 Å². The summed E-state index contributed by atoms with van der Waals surface area (Å²) in [5.74, 6) is 0.642. The summed E-state index contributed by atoms with van der Waals surface area (Å²) in [6.07, 6.45) is 2.53. The number of pyridine rings is 1. The van der Waals surface area contributed by atoms with Crippen molar-refractivity contribution >= 4 is 17.4 Å². The molecule has 0 radical (unpaired) electrons. The molecule has 24 heavy (non-hydrogen) atoms. The summed E-state index contributed by atoms with van der Waals surface area (Å²) >= 11 is 0. The van der Waals surface area contributed by atoms with Crippen molar-refractivity contribution in [3.63, 3.8) is 0 Å². The van der Waals surface area contributed by atoms with Crippen molar-refractivity contribution in [2.75, 3.05) is 32.5 Å². The predicted molar refractivity (Wildman–Crippen MR) is 98.9 cm³/mol. The number of anilines is 2. The van der Waals surface area contributed by atoms with Gasteiger partial charge >= 0.3 is 0 Å². The number of nitrogens with one attached hydrogen (secondary N) is 2. The van der Waals surface area contributed by atoms with Gasteiger partial charge in [0.25, 0.3) is 5.91 Å². The van der Waals surface area contributed by atoms with Crippen LogP contribution in [0.25, 0.3) is 0 Å². The number of aromatic nitrogens is 1. The lowest BCUT2D eigenvalue weighted by atomic mass is 10.1. The molecule has 128 valence electrons. The average molecular weight is 326 g/mol. The molecule has 0 saturated heterocycles. The number of benzene rings is 1. The zero-order valence-corrected chi connectivity index (χ0v) is 14.9. The van der Waals surface area contributed by atoms with Crippen LogP contribution in [0.5, 0.6) is 0 Å². The van der Waals surface area contributed by atoms with Crippen molar-refractivity contribution in [2.45, 2.75) is 20.3 Å². The molecular formula is C19H26N4O. The van der Waals surface area contributed by atoms with Crippen LogP contribution in [0.2, 0.25) is 0 Å². The summed E-state index contributed by atoms with van der Waals surface area (Å²) in [7, 11) is 4.04. The van der Waals surface area contributed by atoms with Crippen molar-refractivity contribution in [3.05, 3.63) is 53.2 Å². The fourth-order valence-electron chi connectivity index (χ4n) is 2.50. The first kappa shape index (κ1) is 17.9. The number of rotatable bonds is 7. The highest BCUT2D eigenvalue weighted by Gasteiger charge is 2.06. The van der Waals surface area contributed by atoms with E-state index in [-0.39, 0.29) is 5.91 Å². The maximum absolute atomic E-state index is 12.1. The molecule has 1 aromatic heterocycles. The van der Waals surface area contributed by atoms with Gasteiger partial charge in [-0.05, 0) is 76.3 Å². The molecule has 0 bridgehead atoms. The third-order valence-electron chi connectivity index (χ3n) is 3.59. The van der Waals surface area contributed by atoms with E-state index in [1.165, 1.54) is 11.1 Å². The van der Waals surface area contributed by atoms with Crippen molar-refractivity contribution in [1.29, 1.82) is 0 Å². The summed E-state index contributed by atoms with van der Waals surface area (Å²) in [4.78, 5) is 18.5. The second kappa shape index (κ2) is 8.45.